The van der Waals surface area contributed by atoms with Gasteiger partial charge in [0.15, 0.2) is 0 Å². The van der Waals surface area contributed by atoms with Gasteiger partial charge in [0.1, 0.15) is 0 Å². The Hall–Kier alpha value is -13.7. The second kappa shape index (κ2) is 24.6. The van der Waals surface area contributed by atoms with Crippen LogP contribution < -0.4 is 4.90 Å². The van der Waals surface area contributed by atoms with Gasteiger partial charge >= 0.3 is 0 Å². The van der Waals surface area contributed by atoms with Gasteiger partial charge in [-0.05, 0) is 158 Å². The van der Waals surface area contributed by atoms with E-state index in [0.717, 1.165) is 45.5 Å². The van der Waals surface area contributed by atoms with Crippen LogP contribution in [-0.4, -0.2) is 22.8 Å². The van der Waals surface area contributed by atoms with Crippen LogP contribution >= 0.6 is 0 Å². The van der Waals surface area contributed by atoms with Crippen LogP contribution in [0.3, 0.4) is 0 Å². The molecule has 21 aromatic rings. The summed E-state index contributed by atoms with van der Waals surface area (Å²) in [5, 5.41) is 12.5. The molecule has 0 spiro atoms. The molecule has 0 N–H and O–H groups in total. The molecule has 0 saturated carbocycles. The molecule has 21 rings (SSSR count). The predicted molar refractivity (Wildman–Crippen MR) is 440 cm³/mol. The normalized spacial score (nSPS) is 11.8. The molecule has 5 aromatic heterocycles. The minimum Gasteiger partial charge on any atom is -0.311 e. The standard InChI is InChI=1S/C56H40N4.C42H28N2/c1-37-19-23-39(24-20-37)57(40-25-21-38(2)22-26-40)41-27-31-43(32-28-41)59-53-17-9-5-13-47(53)49-35-36-50-48-14-6-10-18-54(48)60(56(50)55(49)59)44-33-29-42(30-34-44)58-51-15-7-3-11-45(51)46-12-4-8-16-52(46)58;1-5-17-29(18-6-1)37-38(30-19-7-2-8-20-30)40-34-26-14-16-28-36(34)44(32-23-11-4-12-24-32)42(40)41-39(37)33-25-13-15-27-35(33)43(41)31-21-9-3-10-22-31/h3-36H,1-2H3;1-28H. The second-order valence-electron chi connectivity index (χ2n) is 27.3. The highest BCUT2D eigenvalue weighted by molar-refractivity contribution is 6.33. The van der Waals surface area contributed by atoms with Crippen LogP contribution in [0.2, 0.25) is 0 Å². The molecule has 0 bridgehead atoms. The Labute approximate surface area is 601 Å². The van der Waals surface area contributed by atoms with Gasteiger partial charge in [-0.15, -0.1) is 0 Å². The fourth-order valence-corrected chi connectivity index (χ4v) is 16.7. The van der Waals surface area contributed by atoms with Crippen molar-refractivity contribution in [1.29, 1.82) is 0 Å². The van der Waals surface area contributed by atoms with E-state index in [1.54, 1.807) is 0 Å². The van der Waals surface area contributed by atoms with Gasteiger partial charge in [0.05, 0.1) is 55.2 Å². The number of aromatic nitrogens is 5. The highest BCUT2D eigenvalue weighted by Crippen LogP contribution is 2.53. The van der Waals surface area contributed by atoms with Gasteiger partial charge in [-0.1, -0.05) is 254 Å². The third-order valence-electron chi connectivity index (χ3n) is 21.2. The summed E-state index contributed by atoms with van der Waals surface area (Å²) in [6, 6.07) is 137. The van der Waals surface area contributed by atoms with Crippen molar-refractivity contribution in [3.63, 3.8) is 0 Å². The number of anilines is 3. The molecule has 0 saturated heterocycles. The van der Waals surface area contributed by atoms with Gasteiger partial charge in [0.25, 0.3) is 0 Å². The quantitative estimate of drug-likeness (QED) is 0.134. The van der Waals surface area contributed by atoms with Crippen molar-refractivity contribution in [3.8, 4) is 50.7 Å². The number of fused-ring (bicyclic) bond motifs is 17. The van der Waals surface area contributed by atoms with Crippen molar-refractivity contribution in [2.24, 2.45) is 0 Å². The Morgan fingerprint density at radius 3 is 0.779 bits per heavy atom. The van der Waals surface area contributed by atoms with Crippen molar-refractivity contribution in [3.05, 3.63) is 387 Å². The first-order chi connectivity index (χ1) is 51.5. The molecule has 490 valence electrons. The number of nitrogens with zero attached hydrogens (tertiary/aromatic N) is 6. The van der Waals surface area contributed by atoms with Crippen molar-refractivity contribution in [1.82, 2.24) is 22.8 Å². The summed E-state index contributed by atoms with van der Waals surface area (Å²) in [6.45, 7) is 4.28. The van der Waals surface area contributed by atoms with E-state index in [1.807, 2.05) is 0 Å². The average molecular weight is 1330 g/mol. The summed E-state index contributed by atoms with van der Waals surface area (Å²) >= 11 is 0. The molecule has 0 unspecified atom stereocenters. The Kier molecular flexibility index (Phi) is 14.3. The van der Waals surface area contributed by atoms with Gasteiger partial charge in [-0.2, -0.15) is 0 Å². The number of rotatable bonds is 10. The molecule has 6 nitrogen and oxygen atoms in total. The molecule has 0 aliphatic carbocycles. The summed E-state index contributed by atoms with van der Waals surface area (Å²) < 4.78 is 12.3. The van der Waals surface area contributed by atoms with E-state index in [0.29, 0.717) is 0 Å². The van der Waals surface area contributed by atoms with Crippen LogP contribution in [0, 0.1) is 13.8 Å². The lowest BCUT2D eigenvalue weighted by Gasteiger charge is -2.26. The number of hydrogen-bond acceptors (Lipinski definition) is 1. The number of hydrogen-bond donors (Lipinski definition) is 0. The van der Waals surface area contributed by atoms with Crippen LogP contribution in [0.15, 0.2) is 376 Å². The number of para-hydroxylation sites is 8. The maximum Gasteiger partial charge on any atom is 0.0795 e. The highest BCUT2D eigenvalue weighted by atomic mass is 15.1. The van der Waals surface area contributed by atoms with Crippen molar-refractivity contribution >= 4 is 126 Å². The predicted octanol–water partition coefficient (Wildman–Crippen LogP) is 26.3. The summed E-state index contributed by atoms with van der Waals surface area (Å²) in [6.07, 6.45) is 0. The molecule has 6 heteroatoms. The van der Waals surface area contributed by atoms with Gasteiger partial charge in [-0.25, -0.2) is 0 Å². The highest BCUT2D eigenvalue weighted by Gasteiger charge is 2.30. The first-order valence-electron chi connectivity index (χ1n) is 35.8. The SMILES string of the molecule is Cc1ccc(N(c2ccc(C)cc2)c2ccc(-n3c4ccccc4c4ccc5c6ccccc6n(-c6ccc(-n7c8ccccc8c8ccccc87)cc6)c5c43)cc2)cc1.c1ccc(-c2c(-c3ccccc3)c3c4ccccc4n(-c4ccccc4)c3c3c2c2ccccc2n3-c2ccccc2)cc1. The first-order valence-corrected chi connectivity index (χ1v) is 35.8. The summed E-state index contributed by atoms with van der Waals surface area (Å²) in [7, 11) is 0. The van der Waals surface area contributed by atoms with E-state index in [2.05, 4.69) is 418 Å². The second-order valence-corrected chi connectivity index (χ2v) is 27.3. The van der Waals surface area contributed by atoms with Crippen LogP contribution in [-0.2, 0) is 0 Å². The Morgan fingerprint density at radius 1 is 0.183 bits per heavy atom. The molecule has 0 aliphatic rings. The van der Waals surface area contributed by atoms with Crippen LogP contribution in [0.4, 0.5) is 17.1 Å². The molecule has 0 amide bonds. The Morgan fingerprint density at radius 2 is 0.423 bits per heavy atom. The number of aryl methyl sites for hydroxylation is 2. The third kappa shape index (κ3) is 9.57. The van der Waals surface area contributed by atoms with Crippen molar-refractivity contribution in [2.75, 3.05) is 4.90 Å². The van der Waals surface area contributed by atoms with Gasteiger partial charge in [0.2, 0.25) is 0 Å². The average Bonchev–Trinajstić information content (AvgIpc) is 1.53. The molecule has 0 aliphatic heterocycles. The maximum atomic E-state index is 2.48. The van der Waals surface area contributed by atoms with E-state index < -0.39 is 0 Å². The van der Waals surface area contributed by atoms with Gasteiger partial charge < -0.3 is 27.7 Å². The van der Waals surface area contributed by atoms with Gasteiger partial charge in [-0.3, -0.25) is 0 Å². The molecule has 0 radical (unpaired) electrons. The lowest BCUT2D eigenvalue weighted by Crippen LogP contribution is -2.10. The maximum absolute atomic E-state index is 2.48. The van der Waals surface area contributed by atoms with Crippen molar-refractivity contribution < 1.29 is 0 Å². The molecule has 0 fully saturated rings. The fourth-order valence-electron chi connectivity index (χ4n) is 16.7. The Bertz CT molecular complexity index is 6580. The zero-order valence-corrected chi connectivity index (χ0v) is 57.5. The minimum atomic E-state index is 1.11. The van der Waals surface area contributed by atoms with E-state index in [4.69, 9.17) is 0 Å². The molecule has 16 aromatic carbocycles. The van der Waals surface area contributed by atoms with Crippen LogP contribution in [0.5, 0.6) is 0 Å². The van der Waals surface area contributed by atoms with Crippen LogP contribution in [0.25, 0.3) is 160 Å². The smallest absolute Gasteiger partial charge is 0.0795 e. The Balaban J connectivity index is 0.000000145. The molecule has 104 heavy (non-hydrogen) atoms. The van der Waals surface area contributed by atoms with Crippen LogP contribution in [0.1, 0.15) is 11.1 Å². The zero-order chi connectivity index (χ0) is 68.9. The van der Waals surface area contributed by atoms with E-state index in [-0.39, 0.29) is 0 Å². The zero-order valence-electron chi connectivity index (χ0n) is 57.5. The minimum absolute atomic E-state index is 1.11. The van der Waals surface area contributed by atoms with E-state index in [9.17, 15) is 0 Å². The summed E-state index contributed by atoms with van der Waals surface area (Å²) in [5.41, 5.74) is 28.5. The lowest BCUT2D eigenvalue weighted by atomic mass is 9.87. The molecular formula is C98H68N6. The lowest BCUT2D eigenvalue weighted by molar-refractivity contribution is 1.13. The monoisotopic (exact) mass is 1330 g/mol. The third-order valence-corrected chi connectivity index (χ3v) is 21.2. The summed E-state index contributed by atoms with van der Waals surface area (Å²) in [5.74, 6) is 0. The molecule has 5 heterocycles. The van der Waals surface area contributed by atoms with Gasteiger partial charge in [0, 0.05) is 110 Å². The van der Waals surface area contributed by atoms with E-state index >= 15 is 0 Å². The molecule has 0 atom stereocenters. The summed E-state index contributed by atoms with van der Waals surface area (Å²) in [4.78, 5) is 2.34. The first kappa shape index (κ1) is 60.3. The molecular weight excluding hydrogens is 1260 g/mol. The topological polar surface area (TPSA) is 27.9 Å². The fraction of sp³-hybridized carbons (Fsp3) is 0.0204. The van der Waals surface area contributed by atoms with E-state index in [1.165, 1.54) is 142 Å². The number of benzene rings is 16. The largest absolute Gasteiger partial charge is 0.311 e. The van der Waals surface area contributed by atoms with Crippen molar-refractivity contribution in [2.45, 2.75) is 13.8 Å².